The highest BCUT2D eigenvalue weighted by Crippen LogP contribution is 2.31. The van der Waals surface area contributed by atoms with Gasteiger partial charge in [0.15, 0.2) is 0 Å². The molecule has 4 aromatic rings. The van der Waals surface area contributed by atoms with Gasteiger partial charge < -0.3 is 20.1 Å². The predicted octanol–water partition coefficient (Wildman–Crippen LogP) is 6.02. The van der Waals surface area contributed by atoms with Crippen LogP contribution >= 0.6 is 11.6 Å². The number of hydrogen-bond acceptors (Lipinski definition) is 4. The highest BCUT2D eigenvalue weighted by Gasteiger charge is 2.16. The zero-order valence-corrected chi connectivity index (χ0v) is 18.8. The van der Waals surface area contributed by atoms with E-state index in [1.165, 1.54) is 14.2 Å². The monoisotopic (exact) mass is 460 g/mol. The lowest BCUT2D eigenvalue weighted by atomic mass is 10.1. The summed E-state index contributed by atoms with van der Waals surface area (Å²) in [4.78, 5) is 25.6. The Morgan fingerprint density at radius 1 is 0.697 bits per heavy atom. The average Bonchev–Trinajstić information content (AvgIpc) is 2.84. The number of carbonyl (C=O) groups is 2. The van der Waals surface area contributed by atoms with Crippen LogP contribution in [0.2, 0.25) is 5.02 Å². The molecule has 0 aliphatic heterocycles. The molecule has 0 saturated carbocycles. The Kier molecular flexibility index (Phi) is 6.47. The van der Waals surface area contributed by atoms with E-state index < -0.39 is 0 Å². The predicted molar refractivity (Wildman–Crippen MR) is 131 cm³/mol. The molecule has 0 heterocycles. The molecule has 166 valence electrons. The van der Waals surface area contributed by atoms with Crippen molar-refractivity contribution in [2.75, 3.05) is 24.9 Å². The van der Waals surface area contributed by atoms with E-state index in [0.717, 1.165) is 10.8 Å². The number of nitrogens with one attached hydrogen (secondary N) is 2. The van der Waals surface area contributed by atoms with Crippen LogP contribution in [0.4, 0.5) is 11.4 Å². The first-order valence-electron chi connectivity index (χ1n) is 10.1. The Labute approximate surface area is 196 Å². The maximum Gasteiger partial charge on any atom is 0.259 e. The van der Waals surface area contributed by atoms with E-state index in [-0.39, 0.29) is 11.8 Å². The zero-order valence-electron chi connectivity index (χ0n) is 18.0. The normalized spacial score (nSPS) is 10.5. The van der Waals surface area contributed by atoms with Crippen molar-refractivity contribution in [3.05, 3.63) is 95.0 Å². The van der Waals surface area contributed by atoms with Gasteiger partial charge >= 0.3 is 0 Å². The summed E-state index contributed by atoms with van der Waals surface area (Å²) in [6.07, 6.45) is 0. The number of carbonyl (C=O) groups excluding carboxylic acids is 2. The highest BCUT2D eigenvalue weighted by molar-refractivity contribution is 6.34. The van der Waals surface area contributed by atoms with Gasteiger partial charge in [0, 0.05) is 11.8 Å². The Morgan fingerprint density at radius 3 is 2.03 bits per heavy atom. The van der Waals surface area contributed by atoms with Gasteiger partial charge in [-0.05, 0) is 47.2 Å². The number of benzene rings is 4. The Hall–Kier alpha value is -4.03. The third kappa shape index (κ3) is 4.76. The zero-order chi connectivity index (χ0) is 23.4. The minimum atomic E-state index is -0.364. The summed E-state index contributed by atoms with van der Waals surface area (Å²) in [7, 11) is 3.01. The molecular weight excluding hydrogens is 440 g/mol. The van der Waals surface area contributed by atoms with Crippen LogP contribution < -0.4 is 20.1 Å². The molecule has 0 fully saturated rings. The van der Waals surface area contributed by atoms with E-state index >= 15 is 0 Å². The van der Waals surface area contributed by atoms with Crippen LogP contribution in [0.25, 0.3) is 10.8 Å². The van der Waals surface area contributed by atoms with Crippen LogP contribution in [-0.2, 0) is 0 Å². The number of ether oxygens (including phenoxy) is 2. The van der Waals surface area contributed by atoms with Crippen molar-refractivity contribution in [3.8, 4) is 11.5 Å². The van der Waals surface area contributed by atoms with Crippen molar-refractivity contribution in [3.63, 3.8) is 0 Å². The molecular formula is C26H21ClN2O4. The number of hydrogen-bond donors (Lipinski definition) is 2. The Bertz CT molecular complexity index is 1350. The fourth-order valence-corrected chi connectivity index (χ4v) is 3.69. The lowest BCUT2D eigenvalue weighted by molar-refractivity contribution is 0.101. The molecule has 0 unspecified atom stereocenters. The molecule has 0 aromatic heterocycles. The van der Waals surface area contributed by atoms with E-state index in [2.05, 4.69) is 10.6 Å². The second-order valence-corrected chi connectivity index (χ2v) is 7.61. The van der Waals surface area contributed by atoms with E-state index in [1.54, 1.807) is 48.5 Å². The minimum Gasteiger partial charge on any atom is -0.496 e. The Morgan fingerprint density at radius 2 is 1.33 bits per heavy atom. The quantitative estimate of drug-likeness (QED) is 0.369. The summed E-state index contributed by atoms with van der Waals surface area (Å²) in [6.45, 7) is 0. The first-order valence-corrected chi connectivity index (χ1v) is 10.5. The molecule has 0 saturated heterocycles. The van der Waals surface area contributed by atoms with E-state index in [4.69, 9.17) is 21.1 Å². The summed E-state index contributed by atoms with van der Waals surface area (Å²) in [6, 6.07) is 23.1. The van der Waals surface area contributed by atoms with Crippen molar-refractivity contribution >= 4 is 45.6 Å². The smallest absolute Gasteiger partial charge is 0.259 e. The maximum absolute atomic E-state index is 13.0. The van der Waals surface area contributed by atoms with Crippen LogP contribution in [0, 0.1) is 0 Å². The van der Waals surface area contributed by atoms with Gasteiger partial charge in [-0.2, -0.15) is 0 Å². The second-order valence-electron chi connectivity index (χ2n) is 7.20. The molecule has 0 aliphatic carbocycles. The first kappa shape index (κ1) is 22.2. The lowest BCUT2D eigenvalue weighted by Crippen LogP contribution is -2.15. The Balaban J connectivity index is 1.57. The average molecular weight is 461 g/mol. The SMILES string of the molecule is COc1cc(NC(=O)c2cc3ccccc3cc2OC)ccc1NC(=O)c1ccccc1Cl. The number of amides is 2. The molecule has 0 radical (unpaired) electrons. The number of methoxy groups -OCH3 is 2. The van der Waals surface area contributed by atoms with Crippen molar-refractivity contribution in [2.45, 2.75) is 0 Å². The molecule has 0 spiro atoms. The van der Waals surface area contributed by atoms with E-state index in [0.29, 0.717) is 39.0 Å². The summed E-state index contributed by atoms with van der Waals surface area (Å²) in [5.41, 5.74) is 1.71. The third-order valence-electron chi connectivity index (χ3n) is 5.14. The summed E-state index contributed by atoms with van der Waals surface area (Å²) < 4.78 is 10.8. The van der Waals surface area contributed by atoms with Crippen molar-refractivity contribution in [1.29, 1.82) is 0 Å². The number of rotatable bonds is 6. The van der Waals surface area contributed by atoms with Gasteiger partial charge in [-0.25, -0.2) is 0 Å². The van der Waals surface area contributed by atoms with Gasteiger partial charge in [-0.15, -0.1) is 0 Å². The molecule has 2 amide bonds. The molecule has 7 heteroatoms. The largest absolute Gasteiger partial charge is 0.496 e. The highest BCUT2D eigenvalue weighted by atomic mass is 35.5. The topological polar surface area (TPSA) is 76.7 Å². The van der Waals surface area contributed by atoms with E-state index in [1.807, 2.05) is 30.3 Å². The summed E-state index contributed by atoms with van der Waals surface area (Å²) in [5.74, 6) is 0.171. The van der Waals surface area contributed by atoms with Gasteiger partial charge in [-0.3, -0.25) is 9.59 Å². The van der Waals surface area contributed by atoms with Crippen molar-refractivity contribution in [2.24, 2.45) is 0 Å². The molecule has 33 heavy (non-hydrogen) atoms. The van der Waals surface area contributed by atoms with Crippen LogP contribution in [0.3, 0.4) is 0 Å². The van der Waals surface area contributed by atoms with Crippen molar-refractivity contribution in [1.82, 2.24) is 0 Å². The molecule has 4 aromatic carbocycles. The molecule has 2 N–H and O–H groups in total. The molecule has 0 atom stereocenters. The van der Waals surface area contributed by atoms with E-state index in [9.17, 15) is 9.59 Å². The molecule has 0 bridgehead atoms. The van der Waals surface area contributed by atoms with Crippen LogP contribution in [0.5, 0.6) is 11.5 Å². The molecule has 0 aliphatic rings. The van der Waals surface area contributed by atoms with Crippen molar-refractivity contribution < 1.29 is 19.1 Å². The van der Waals surface area contributed by atoms with Crippen LogP contribution in [0.1, 0.15) is 20.7 Å². The van der Waals surface area contributed by atoms with Gasteiger partial charge in [0.1, 0.15) is 11.5 Å². The molecule has 6 nitrogen and oxygen atoms in total. The van der Waals surface area contributed by atoms with Crippen LogP contribution in [0.15, 0.2) is 78.9 Å². The third-order valence-corrected chi connectivity index (χ3v) is 5.47. The minimum absolute atomic E-state index is 0.326. The maximum atomic E-state index is 13.0. The fraction of sp³-hybridized carbons (Fsp3) is 0.0769. The number of halogens is 1. The summed E-state index contributed by atoms with van der Waals surface area (Å²) in [5, 5.41) is 7.91. The second kappa shape index (κ2) is 9.63. The first-order chi connectivity index (χ1) is 16.0. The fourth-order valence-electron chi connectivity index (χ4n) is 3.47. The number of fused-ring (bicyclic) bond motifs is 1. The van der Waals surface area contributed by atoms with Crippen LogP contribution in [-0.4, -0.2) is 26.0 Å². The van der Waals surface area contributed by atoms with Gasteiger partial charge in [-0.1, -0.05) is 48.0 Å². The standard InChI is InChI=1S/C26H21ClN2O4/c1-32-23-14-17-8-4-3-7-16(17)13-20(23)26(31)28-18-11-12-22(24(15-18)33-2)29-25(30)19-9-5-6-10-21(19)27/h3-15H,1-2H3,(H,28,31)(H,29,30). The molecule has 4 rings (SSSR count). The van der Waals surface area contributed by atoms with Gasteiger partial charge in [0.2, 0.25) is 0 Å². The van der Waals surface area contributed by atoms with Gasteiger partial charge in [0.05, 0.1) is 36.1 Å². The lowest BCUT2D eigenvalue weighted by Gasteiger charge is -2.14. The van der Waals surface area contributed by atoms with Gasteiger partial charge in [0.25, 0.3) is 11.8 Å². The number of anilines is 2. The summed E-state index contributed by atoms with van der Waals surface area (Å²) >= 11 is 6.11.